The lowest BCUT2D eigenvalue weighted by atomic mass is 9.88. The molecular formula is C24H20FNO3. The second-order valence-electron chi connectivity index (χ2n) is 7.36. The summed E-state index contributed by atoms with van der Waals surface area (Å²) in [6.07, 6.45) is -0.356. The van der Waals surface area contributed by atoms with Crippen molar-refractivity contribution in [1.82, 2.24) is 0 Å². The number of anilines is 1. The number of para-hydroxylation sites is 1. The van der Waals surface area contributed by atoms with Crippen LogP contribution in [-0.2, 0) is 16.9 Å². The van der Waals surface area contributed by atoms with E-state index in [1.807, 2.05) is 19.1 Å². The number of halogens is 1. The molecule has 0 fully saturated rings. The fourth-order valence-electron chi connectivity index (χ4n) is 3.73. The number of aliphatic hydroxyl groups is 1. The van der Waals surface area contributed by atoms with Gasteiger partial charge in [-0.25, -0.2) is 4.39 Å². The third-order valence-corrected chi connectivity index (χ3v) is 5.26. The van der Waals surface area contributed by atoms with E-state index in [2.05, 4.69) is 0 Å². The normalized spacial score (nSPS) is 18.0. The molecule has 4 nitrogen and oxygen atoms in total. The number of fused-ring (bicyclic) bond motifs is 1. The average Bonchev–Trinajstić information content (AvgIpc) is 2.91. The van der Waals surface area contributed by atoms with E-state index >= 15 is 0 Å². The smallest absolute Gasteiger partial charge is 0.264 e. The SMILES string of the molecule is Cc1ccc(C(=O)CC2(O)C(=O)N(Cc3cccc(F)c3)c3ccccc32)cc1. The predicted molar refractivity (Wildman–Crippen MR) is 108 cm³/mol. The highest BCUT2D eigenvalue weighted by Crippen LogP contribution is 2.43. The summed E-state index contributed by atoms with van der Waals surface area (Å²) >= 11 is 0. The Labute approximate surface area is 168 Å². The van der Waals surface area contributed by atoms with Gasteiger partial charge in [-0.1, -0.05) is 60.2 Å². The molecule has 5 heteroatoms. The largest absolute Gasteiger partial charge is 0.375 e. The highest BCUT2D eigenvalue weighted by atomic mass is 19.1. The summed E-state index contributed by atoms with van der Waals surface area (Å²) < 4.78 is 13.6. The molecule has 0 bridgehead atoms. The van der Waals surface area contributed by atoms with Crippen LogP contribution in [0.4, 0.5) is 10.1 Å². The Morgan fingerprint density at radius 3 is 2.48 bits per heavy atom. The molecule has 1 N–H and O–H groups in total. The number of carbonyl (C=O) groups excluding carboxylic acids is 2. The van der Waals surface area contributed by atoms with Gasteiger partial charge in [0.25, 0.3) is 5.91 Å². The second-order valence-corrected chi connectivity index (χ2v) is 7.36. The maximum Gasteiger partial charge on any atom is 0.264 e. The third-order valence-electron chi connectivity index (χ3n) is 5.26. The molecule has 0 radical (unpaired) electrons. The number of benzene rings is 3. The van der Waals surface area contributed by atoms with E-state index in [9.17, 15) is 19.1 Å². The van der Waals surface area contributed by atoms with Crippen LogP contribution in [0.15, 0.2) is 72.8 Å². The van der Waals surface area contributed by atoms with Crippen LogP contribution in [0, 0.1) is 12.7 Å². The zero-order valence-corrected chi connectivity index (χ0v) is 15.9. The topological polar surface area (TPSA) is 57.6 Å². The van der Waals surface area contributed by atoms with E-state index in [1.54, 1.807) is 48.5 Å². The first-order valence-electron chi connectivity index (χ1n) is 9.37. The maximum atomic E-state index is 13.6. The van der Waals surface area contributed by atoms with Crippen LogP contribution >= 0.6 is 0 Å². The van der Waals surface area contributed by atoms with Crippen LogP contribution < -0.4 is 4.90 Å². The van der Waals surface area contributed by atoms with Gasteiger partial charge in [-0.2, -0.15) is 0 Å². The second kappa shape index (κ2) is 7.26. The van der Waals surface area contributed by atoms with E-state index in [-0.39, 0.29) is 18.7 Å². The summed E-state index contributed by atoms with van der Waals surface area (Å²) in [5.41, 5.74) is 1.03. The molecule has 1 atom stereocenters. The van der Waals surface area contributed by atoms with Gasteiger partial charge < -0.3 is 10.0 Å². The molecule has 29 heavy (non-hydrogen) atoms. The monoisotopic (exact) mass is 389 g/mol. The van der Waals surface area contributed by atoms with Crippen LogP contribution in [0.2, 0.25) is 0 Å². The summed E-state index contributed by atoms with van der Waals surface area (Å²) in [7, 11) is 0. The fourth-order valence-corrected chi connectivity index (χ4v) is 3.73. The van der Waals surface area contributed by atoms with Crippen molar-refractivity contribution in [3.63, 3.8) is 0 Å². The molecule has 0 aromatic heterocycles. The van der Waals surface area contributed by atoms with Crippen LogP contribution in [0.1, 0.15) is 33.5 Å². The summed E-state index contributed by atoms with van der Waals surface area (Å²) in [5, 5.41) is 11.3. The Bertz CT molecular complexity index is 1090. The molecule has 1 aliphatic heterocycles. The molecular weight excluding hydrogens is 369 g/mol. The molecule has 0 spiro atoms. The van der Waals surface area contributed by atoms with Crippen molar-refractivity contribution >= 4 is 17.4 Å². The average molecular weight is 389 g/mol. The minimum Gasteiger partial charge on any atom is -0.375 e. The third kappa shape index (κ3) is 3.45. The summed E-state index contributed by atoms with van der Waals surface area (Å²) in [5.74, 6) is -1.29. The van der Waals surface area contributed by atoms with Crippen LogP contribution in [-0.4, -0.2) is 16.8 Å². The van der Waals surface area contributed by atoms with Gasteiger partial charge in [-0.15, -0.1) is 0 Å². The molecule has 146 valence electrons. The highest BCUT2D eigenvalue weighted by molar-refractivity contribution is 6.10. The Kier molecular flexibility index (Phi) is 4.76. The van der Waals surface area contributed by atoms with E-state index in [1.165, 1.54) is 17.0 Å². The van der Waals surface area contributed by atoms with Gasteiger partial charge in [0.2, 0.25) is 0 Å². The first-order valence-corrected chi connectivity index (χ1v) is 9.37. The minimum absolute atomic E-state index is 0.106. The Morgan fingerprint density at radius 1 is 1.03 bits per heavy atom. The minimum atomic E-state index is -1.95. The first-order chi connectivity index (χ1) is 13.9. The van der Waals surface area contributed by atoms with E-state index in [4.69, 9.17) is 0 Å². The van der Waals surface area contributed by atoms with Crippen molar-refractivity contribution in [2.45, 2.75) is 25.5 Å². The fraction of sp³-hybridized carbons (Fsp3) is 0.167. The molecule has 0 aliphatic carbocycles. The van der Waals surface area contributed by atoms with Gasteiger partial charge in [-0.3, -0.25) is 9.59 Å². The number of nitrogens with zero attached hydrogens (tertiary/aromatic N) is 1. The number of ketones is 1. The lowest BCUT2D eigenvalue weighted by molar-refractivity contribution is -0.136. The number of aryl methyl sites for hydroxylation is 1. The lowest BCUT2D eigenvalue weighted by Gasteiger charge is -2.23. The number of carbonyl (C=O) groups is 2. The lowest BCUT2D eigenvalue weighted by Crippen LogP contribution is -2.41. The van der Waals surface area contributed by atoms with Crippen molar-refractivity contribution < 1.29 is 19.1 Å². The van der Waals surface area contributed by atoms with Crippen molar-refractivity contribution in [2.75, 3.05) is 4.90 Å². The number of rotatable bonds is 5. The van der Waals surface area contributed by atoms with Crippen LogP contribution in [0.25, 0.3) is 0 Å². The van der Waals surface area contributed by atoms with Gasteiger partial charge in [0.15, 0.2) is 11.4 Å². The summed E-state index contributed by atoms with van der Waals surface area (Å²) in [6.45, 7) is 2.03. The van der Waals surface area contributed by atoms with Crippen LogP contribution in [0.3, 0.4) is 0 Å². The van der Waals surface area contributed by atoms with Gasteiger partial charge >= 0.3 is 0 Å². The van der Waals surface area contributed by atoms with Gasteiger partial charge in [0, 0.05) is 11.1 Å². The number of Topliss-reactive ketones (excluding diaryl/α,β-unsaturated/α-hetero) is 1. The number of amides is 1. The molecule has 0 saturated heterocycles. The Hall–Kier alpha value is -3.31. The molecule has 4 rings (SSSR count). The van der Waals surface area contributed by atoms with E-state index in [0.717, 1.165) is 5.56 Å². The van der Waals surface area contributed by atoms with Crippen molar-refractivity contribution in [2.24, 2.45) is 0 Å². The van der Waals surface area contributed by atoms with Crippen molar-refractivity contribution in [1.29, 1.82) is 0 Å². The van der Waals surface area contributed by atoms with Crippen molar-refractivity contribution in [3.8, 4) is 0 Å². The van der Waals surface area contributed by atoms with Gasteiger partial charge in [0.05, 0.1) is 18.7 Å². The summed E-state index contributed by atoms with van der Waals surface area (Å²) in [6, 6.07) is 19.9. The molecule has 1 aliphatic rings. The molecule has 1 unspecified atom stereocenters. The molecule has 0 saturated carbocycles. The summed E-state index contributed by atoms with van der Waals surface area (Å²) in [4.78, 5) is 27.4. The molecule has 3 aromatic carbocycles. The van der Waals surface area contributed by atoms with Crippen molar-refractivity contribution in [3.05, 3.63) is 101 Å². The van der Waals surface area contributed by atoms with E-state index in [0.29, 0.717) is 22.4 Å². The molecule has 1 amide bonds. The van der Waals surface area contributed by atoms with Gasteiger partial charge in [-0.05, 0) is 30.7 Å². The first kappa shape index (κ1) is 19.0. The standard InChI is InChI=1S/C24H20FNO3/c1-16-9-11-18(12-10-16)22(27)14-24(29)20-7-2-3-8-21(20)26(23(24)28)15-17-5-4-6-19(25)13-17/h2-13,29H,14-15H2,1H3. The quantitative estimate of drug-likeness (QED) is 0.667. The van der Waals surface area contributed by atoms with Crippen LogP contribution in [0.5, 0.6) is 0 Å². The Morgan fingerprint density at radius 2 is 1.76 bits per heavy atom. The maximum absolute atomic E-state index is 13.6. The number of hydrogen-bond acceptors (Lipinski definition) is 3. The Balaban J connectivity index is 1.67. The molecule has 3 aromatic rings. The van der Waals surface area contributed by atoms with Gasteiger partial charge in [0.1, 0.15) is 5.82 Å². The number of hydrogen-bond donors (Lipinski definition) is 1. The highest BCUT2D eigenvalue weighted by Gasteiger charge is 2.50. The zero-order chi connectivity index (χ0) is 20.6. The van der Waals surface area contributed by atoms with E-state index < -0.39 is 17.3 Å². The molecule has 1 heterocycles. The predicted octanol–water partition coefficient (Wildman–Crippen LogP) is 4.14. The zero-order valence-electron chi connectivity index (χ0n) is 15.9.